The Hall–Kier alpha value is -7.63. The Bertz CT molecular complexity index is 3240. The van der Waals surface area contributed by atoms with Crippen molar-refractivity contribution in [2.45, 2.75) is 0 Å². The lowest BCUT2D eigenvalue weighted by Gasteiger charge is -2.09. The van der Waals surface area contributed by atoms with E-state index in [0.29, 0.717) is 17.5 Å². The summed E-state index contributed by atoms with van der Waals surface area (Å²) in [5, 5.41) is 4.26. The van der Waals surface area contributed by atoms with Crippen LogP contribution in [0.4, 0.5) is 0 Å². The van der Waals surface area contributed by atoms with Gasteiger partial charge < -0.3 is 8.83 Å². The number of rotatable bonds is 6. The van der Waals surface area contributed by atoms with Gasteiger partial charge in [0.15, 0.2) is 17.5 Å². The van der Waals surface area contributed by atoms with Crippen LogP contribution in [0.1, 0.15) is 0 Å². The lowest BCUT2D eigenvalue weighted by atomic mass is 9.94. The van der Waals surface area contributed by atoms with E-state index >= 15 is 0 Å². The number of furan rings is 2. The average molecular weight is 718 g/mol. The molecule has 0 amide bonds. The van der Waals surface area contributed by atoms with E-state index in [-0.39, 0.29) is 0 Å². The normalized spacial score (nSPS) is 11.6. The molecule has 3 aromatic heterocycles. The predicted molar refractivity (Wildman–Crippen MR) is 227 cm³/mol. The van der Waals surface area contributed by atoms with Crippen molar-refractivity contribution in [1.29, 1.82) is 0 Å². The first kappa shape index (κ1) is 31.9. The smallest absolute Gasteiger partial charge is 0.164 e. The van der Waals surface area contributed by atoms with Gasteiger partial charge in [-0.25, -0.2) is 15.0 Å². The number of fused-ring (bicyclic) bond motifs is 6. The molecule has 0 spiro atoms. The largest absolute Gasteiger partial charge is 0.456 e. The molecule has 0 bridgehead atoms. The predicted octanol–water partition coefficient (Wildman–Crippen LogP) is 13.7. The molecule has 11 aromatic rings. The summed E-state index contributed by atoms with van der Waals surface area (Å²) in [5.74, 6) is 1.79. The summed E-state index contributed by atoms with van der Waals surface area (Å²) in [6.07, 6.45) is 0. The Labute approximate surface area is 322 Å². The average Bonchev–Trinajstić information content (AvgIpc) is 3.85. The molecule has 5 heteroatoms. The molecule has 56 heavy (non-hydrogen) atoms. The number of benzene rings is 8. The van der Waals surface area contributed by atoms with Gasteiger partial charge in [0, 0.05) is 43.8 Å². The zero-order valence-corrected chi connectivity index (χ0v) is 30.1. The van der Waals surface area contributed by atoms with Gasteiger partial charge in [0.25, 0.3) is 0 Å². The zero-order chi connectivity index (χ0) is 37.0. The number of nitrogens with zero attached hydrogens (tertiary/aromatic N) is 3. The zero-order valence-electron chi connectivity index (χ0n) is 30.1. The lowest BCUT2D eigenvalue weighted by Crippen LogP contribution is -2.00. The Kier molecular flexibility index (Phi) is 7.42. The SMILES string of the molecule is c1ccc(-c2cccc(-c3nc(-c4ccccc4)nc(-c4ccc5c(c4)oc4c(-c6cc(-c7ccccc7)c7c(c6)oc6ccccc67)cccc45)n3)c2)cc1. The van der Waals surface area contributed by atoms with Crippen LogP contribution in [0.25, 0.3) is 111 Å². The van der Waals surface area contributed by atoms with Gasteiger partial charge >= 0.3 is 0 Å². The van der Waals surface area contributed by atoms with Crippen LogP contribution in [0.5, 0.6) is 0 Å². The van der Waals surface area contributed by atoms with Gasteiger partial charge in [-0.15, -0.1) is 0 Å². The summed E-state index contributed by atoms with van der Waals surface area (Å²) in [5.41, 5.74) is 12.4. The molecular weight excluding hydrogens is 687 g/mol. The van der Waals surface area contributed by atoms with Gasteiger partial charge in [-0.1, -0.05) is 152 Å². The highest BCUT2D eigenvalue weighted by molar-refractivity contribution is 6.15. The second-order valence-corrected chi connectivity index (χ2v) is 14.0. The van der Waals surface area contributed by atoms with Crippen molar-refractivity contribution in [1.82, 2.24) is 15.0 Å². The van der Waals surface area contributed by atoms with E-state index in [4.69, 9.17) is 23.8 Å². The second kappa shape index (κ2) is 13.0. The molecule has 5 nitrogen and oxygen atoms in total. The highest BCUT2D eigenvalue weighted by Gasteiger charge is 2.20. The summed E-state index contributed by atoms with van der Waals surface area (Å²) >= 11 is 0. The van der Waals surface area contributed by atoms with Crippen LogP contribution >= 0.6 is 0 Å². The maximum atomic E-state index is 6.81. The molecule has 0 saturated carbocycles. The molecule has 262 valence electrons. The van der Waals surface area contributed by atoms with Crippen molar-refractivity contribution in [3.8, 4) is 67.5 Å². The molecule has 0 aliphatic heterocycles. The molecular formula is C51H31N3O2. The van der Waals surface area contributed by atoms with Crippen LogP contribution in [0.3, 0.4) is 0 Å². The molecule has 3 heterocycles. The highest BCUT2D eigenvalue weighted by atomic mass is 16.3. The van der Waals surface area contributed by atoms with Crippen LogP contribution in [-0.4, -0.2) is 15.0 Å². The van der Waals surface area contributed by atoms with E-state index in [1.54, 1.807) is 0 Å². The molecule has 0 atom stereocenters. The van der Waals surface area contributed by atoms with Gasteiger partial charge in [-0.2, -0.15) is 0 Å². The third-order valence-corrected chi connectivity index (χ3v) is 10.5. The Morgan fingerprint density at radius 1 is 0.286 bits per heavy atom. The van der Waals surface area contributed by atoms with Gasteiger partial charge in [0.2, 0.25) is 0 Å². The molecule has 8 aromatic carbocycles. The summed E-state index contributed by atoms with van der Waals surface area (Å²) in [6, 6.07) is 64.5. The van der Waals surface area contributed by atoms with Gasteiger partial charge in [-0.05, 0) is 64.2 Å². The molecule has 0 unspecified atom stereocenters. The minimum absolute atomic E-state index is 0.574. The van der Waals surface area contributed by atoms with E-state index in [0.717, 1.165) is 93.9 Å². The van der Waals surface area contributed by atoms with Crippen molar-refractivity contribution < 1.29 is 8.83 Å². The van der Waals surface area contributed by atoms with Crippen molar-refractivity contribution in [2.75, 3.05) is 0 Å². The molecule has 0 aliphatic rings. The van der Waals surface area contributed by atoms with Crippen LogP contribution in [0.15, 0.2) is 197 Å². The van der Waals surface area contributed by atoms with E-state index in [2.05, 4.69) is 127 Å². The van der Waals surface area contributed by atoms with Gasteiger partial charge in [0.05, 0.1) is 0 Å². The molecule has 0 aliphatic carbocycles. The van der Waals surface area contributed by atoms with Gasteiger partial charge in [0.1, 0.15) is 22.3 Å². The number of para-hydroxylation sites is 2. The summed E-state index contributed by atoms with van der Waals surface area (Å²) in [7, 11) is 0. The van der Waals surface area contributed by atoms with Gasteiger partial charge in [-0.3, -0.25) is 0 Å². The molecule has 0 saturated heterocycles. The van der Waals surface area contributed by atoms with E-state index in [1.807, 2.05) is 60.7 Å². The van der Waals surface area contributed by atoms with Crippen molar-refractivity contribution in [2.24, 2.45) is 0 Å². The topological polar surface area (TPSA) is 65.0 Å². The van der Waals surface area contributed by atoms with Crippen LogP contribution in [0.2, 0.25) is 0 Å². The summed E-state index contributed by atoms with van der Waals surface area (Å²) in [4.78, 5) is 15.1. The van der Waals surface area contributed by atoms with Crippen molar-refractivity contribution in [3.05, 3.63) is 188 Å². The summed E-state index contributed by atoms with van der Waals surface area (Å²) in [6.45, 7) is 0. The maximum absolute atomic E-state index is 6.81. The van der Waals surface area contributed by atoms with E-state index in [9.17, 15) is 0 Å². The first-order chi connectivity index (χ1) is 27.7. The maximum Gasteiger partial charge on any atom is 0.164 e. The number of hydrogen-bond acceptors (Lipinski definition) is 5. The van der Waals surface area contributed by atoms with Crippen LogP contribution < -0.4 is 0 Å². The monoisotopic (exact) mass is 717 g/mol. The third-order valence-electron chi connectivity index (χ3n) is 10.5. The molecule has 0 fully saturated rings. The lowest BCUT2D eigenvalue weighted by molar-refractivity contribution is 0.668. The van der Waals surface area contributed by atoms with Crippen LogP contribution in [-0.2, 0) is 0 Å². The van der Waals surface area contributed by atoms with Crippen molar-refractivity contribution in [3.63, 3.8) is 0 Å². The van der Waals surface area contributed by atoms with Crippen molar-refractivity contribution >= 4 is 43.9 Å². The van der Waals surface area contributed by atoms with E-state index in [1.165, 1.54) is 0 Å². The minimum Gasteiger partial charge on any atom is -0.456 e. The Morgan fingerprint density at radius 2 is 0.857 bits per heavy atom. The second-order valence-electron chi connectivity index (χ2n) is 14.0. The standard InChI is InChI=1S/C51H31N3O2/c1-4-14-32(15-5-1)35-20-12-21-36(28-35)50-52-49(34-18-8-3-9-19-34)53-51(54-50)37-26-27-40-41-24-13-23-39(48(41)56-45(40)30-37)38-29-43(33-16-6-2-7-17-33)47-42-22-10-11-25-44(42)55-46(47)31-38/h1-31H. The number of aromatic nitrogens is 3. The third kappa shape index (κ3) is 5.45. The summed E-state index contributed by atoms with van der Waals surface area (Å²) < 4.78 is 13.3. The first-order valence-electron chi connectivity index (χ1n) is 18.7. The molecule has 0 radical (unpaired) electrons. The first-order valence-corrected chi connectivity index (χ1v) is 18.7. The fraction of sp³-hybridized carbons (Fsp3) is 0. The van der Waals surface area contributed by atoms with Crippen LogP contribution in [0, 0.1) is 0 Å². The molecule has 11 rings (SSSR count). The minimum atomic E-state index is 0.574. The molecule has 0 N–H and O–H groups in total. The fourth-order valence-corrected chi connectivity index (χ4v) is 7.84. The Balaban J connectivity index is 1.06. The highest BCUT2D eigenvalue weighted by Crippen LogP contribution is 2.43. The Morgan fingerprint density at radius 3 is 1.62 bits per heavy atom. The number of hydrogen-bond donors (Lipinski definition) is 0. The van der Waals surface area contributed by atoms with E-state index < -0.39 is 0 Å². The quantitative estimate of drug-likeness (QED) is 0.171. The fourth-order valence-electron chi connectivity index (χ4n) is 7.84.